The fraction of sp³-hybridized carbons (Fsp3) is 0.625. The molecule has 1 aromatic carbocycles. The van der Waals surface area contributed by atoms with E-state index < -0.39 is 0 Å². The van der Waals surface area contributed by atoms with Crippen LogP contribution < -0.4 is 11.3 Å². The smallest absolute Gasteiger partial charge is 0.0643 e. The third-order valence-electron chi connectivity index (χ3n) is 3.60. The highest BCUT2D eigenvalue weighted by molar-refractivity contribution is 5.35. The van der Waals surface area contributed by atoms with Crippen LogP contribution in [0.5, 0.6) is 0 Å². The molecule has 3 heteroatoms. The van der Waals surface area contributed by atoms with Crippen molar-refractivity contribution in [2.45, 2.75) is 58.1 Å². The summed E-state index contributed by atoms with van der Waals surface area (Å²) in [6.07, 6.45) is 4.67. The maximum Gasteiger partial charge on any atom is 0.0643 e. The largest absolute Gasteiger partial charge is 0.374 e. The van der Waals surface area contributed by atoms with Crippen LogP contribution in [0.3, 0.4) is 0 Å². The standard InChI is InChI=1S/C16H26N2O/c1-16(2,3)19-11-15(18-17)10-12-7-8-13-5-4-6-14(13)9-12/h7-9,15,18H,4-6,10-11,17H2,1-3H3. The van der Waals surface area contributed by atoms with Crippen molar-refractivity contribution in [2.24, 2.45) is 5.84 Å². The number of nitrogens with two attached hydrogens (primary N) is 1. The SMILES string of the molecule is CC(C)(C)OCC(Cc1ccc2c(c1)CCC2)NN. The van der Waals surface area contributed by atoms with Crippen LogP contribution in [0.15, 0.2) is 18.2 Å². The van der Waals surface area contributed by atoms with Crippen molar-refractivity contribution >= 4 is 0 Å². The molecule has 0 saturated carbocycles. The summed E-state index contributed by atoms with van der Waals surface area (Å²) in [5.41, 5.74) is 7.13. The number of hydrogen-bond acceptors (Lipinski definition) is 3. The Morgan fingerprint density at radius 1 is 1.26 bits per heavy atom. The number of aryl methyl sites for hydroxylation is 2. The first-order valence-corrected chi connectivity index (χ1v) is 7.19. The zero-order chi connectivity index (χ0) is 13.9. The van der Waals surface area contributed by atoms with Gasteiger partial charge in [-0.25, -0.2) is 0 Å². The second kappa shape index (κ2) is 6.04. The lowest BCUT2D eigenvalue weighted by molar-refractivity contribution is -0.0143. The molecule has 0 bridgehead atoms. The monoisotopic (exact) mass is 262 g/mol. The van der Waals surface area contributed by atoms with Crippen molar-refractivity contribution in [2.75, 3.05) is 6.61 Å². The maximum absolute atomic E-state index is 5.80. The molecular formula is C16H26N2O. The van der Waals surface area contributed by atoms with Crippen molar-refractivity contribution in [1.29, 1.82) is 0 Å². The van der Waals surface area contributed by atoms with Crippen molar-refractivity contribution in [1.82, 2.24) is 5.43 Å². The van der Waals surface area contributed by atoms with Crippen LogP contribution in [-0.4, -0.2) is 18.2 Å². The first kappa shape index (κ1) is 14.5. The molecule has 2 rings (SSSR count). The highest BCUT2D eigenvalue weighted by Gasteiger charge is 2.16. The normalized spacial score (nSPS) is 16.4. The lowest BCUT2D eigenvalue weighted by Crippen LogP contribution is -2.42. The molecule has 1 atom stereocenters. The molecule has 1 unspecified atom stereocenters. The van der Waals surface area contributed by atoms with Crippen LogP contribution in [0.25, 0.3) is 0 Å². The van der Waals surface area contributed by atoms with Crippen LogP contribution in [0, 0.1) is 0 Å². The molecule has 0 spiro atoms. The van der Waals surface area contributed by atoms with Gasteiger partial charge in [-0.3, -0.25) is 11.3 Å². The third-order valence-corrected chi connectivity index (χ3v) is 3.60. The van der Waals surface area contributed by atoms with Gasteiger partial charge in [0.1, 0.15) is 0 Å². The highest BCUT2D eigenvalue weighted by atomic mass is 16.5. The first-order chi connectivity index (χ1) is 8.98. The Morgan fingerprint density at radius 3 is 2.68 bits per heavy atom. The van der Waals surface area contributed by atoms with Crippen LogP contribution in [0.2, 0.25) is 0 Å². The predicted molar refractivity (Wildman–Crippen MR) is 79.0 cm³/mol. The van der Waals surface area contributed by atoms with Gasteiger partial charge in [0, 0.05) is 6.04 Å². The van der Waals surface area contributed by atoms with Crippen molar-refractivity contribution < 1.29 is 4.74 Å². The summed E-state index contributed by atoms with van der Waals surface area (Å²) in [7, 11) is 0. The molecule has 3 N–H and O–H groups in total. The molecule has 19 heavy (non-hydrogen) atoms. The summed E-state index contributed by atoms with van der Waals surface area (Å²) in [4.78, 5) is 0. The topological polar surface area (TPSA) is 47.3 Å². The molecule has 0 heterocycles. The van der Waals surface area contributed by atoms with E-state index in [-0.39, 0.29) is 11.6 Å². The molecule has 1 aromatic rings. The van der Waals surface area contributed by atoms with E-state index in [1.807, 2.05) is 0 Å². The Labute approximate surface area is 116 Å². The Bertz CT molecular complexity index is 423. The number of hydrazine groups is 1. The van der Waals surface area contributed by atoms with Crippen molar-refractivity contribution in [3.05, 3.63) is 34.9 Å². The number of nitrogens with one attached hydrogen (secondary N) is 1. The fourth-order valence-corrected chi connectivity index (χ4v) is 2.55. The summed E-state index contributed by atoms with van der Waals surface area (Å²) in [5.74, 6) is 5.63. The summed E-state index contributed by atoms with van der Waals surface area (Å²) >= 11 is 0. The van der Waals surface area contributed by atoms with Gasteiger partial charge in [0.25, 0.3) is 0 Å². The molecular weight excluding hydrogens is 236 g/mol. The lowest BCUT2D eigenvalue weighted by atomic mass is 10.0. The molecule has 1 aliphatic rings. The van der Waals surface area contributed by atoms with E-state index in [1.165, 1.54) is 36.0 Å². The van der Waals surface area contributed by atoms with E-state index in [9.17, 15) is 0 Å². The quantitative estimate of drug-likeness (QED) is 0.632. The van der Waals surface area contributed by atoms with E-state index in [2.05, 4.69) is 44.4 Å². The Kier molecular flexibility index (Phi) is 4.61. The maximum atomic E-state index is 5.80. The summed E-state index contributed by atoms with van der Waals surface area (Å²) < 4.78 is 5.80. The van der Waals surface area contributed by atoms with Gasteiger partial charge in [0.2, 0.25) is 0 Å². The van der Waals surface area contributed by atoms with Crippen LogP contribution in [-0.2, 0) is 24.0 Å². The molecule has 0 aliphatic heterocycles. The van der Waals surface area contributed by atoms with E-state index in [0.717, 1.165) is 6.42 Å². The average molecular weight is 262 g/mol. The van der Waals surface area contributed by atoms with Crippen molar-refractivity contribution in [3.8, 4) is 0 Å². The molecule has 0 amide bonds. The van der Waals surface area contributed by atoms with E-state index >= 15 is 0 Å². The molecule has 0 radical (unpaired) electrons. The van der Waals surface area contributed by atoms with Gasteiger partial charge in [-0.1, -0.05) is 18.2 Å². The van der Waals surface area contributed by atoms with Gasteiger partial charge < -0.3 is 4.74 Å². The molecule has 0 aromatic heterocycles. The fourth-order valence-electron chi connectivity index (χ4n) is 2.55. The van der Waals surface area contributed by atoms with Gasteiger partial charge in [-0.05, 0) is 63.1 Å². The first-order valence-electron chi connectivity index (χ1n) is 7.19. The predicted octanol–water partition coefficient (Wildman–Crippen LogP) is 2.36. The van der Waals surface area contributed by atoms with Gasteiger partial charge in [0.05, 0.1) is 12.2 Å². The molecule has 3 nitrogen and oxygen atoms in total. The van der Waals surface area contributed by atoms with Crippen LogP contribution >= 0.6 is 0 Å². The van der Waals surface area contributed by atoms with E-state index in [0.29, 0.717) is 6.61 Å². The molecule has 0 fully saturated rings. The summed E-state index contributed by atoms with van der Waals surface area (Å²) in [6, 6.07) is 7.00. The Morgan fingerprint density at radius 2 is 2.00 bits per heavy atom. The second-order valence-electron chi connectivity index (χ2n) is 6.45. The zero-order valence-electron chi connectivity index (χ0n) is 12.3. The minimum Gasteiger partial charge on any atom is -0.374 e. The number of benzene rings is 1. The summed E-state index contributed by atoms with van der Waals surface area (Å²) in [6.45, 7) is 6.83. The van der Waals surface area contributed by atoms with Gasteiger partial charge in [0.15, 0.2) is 0 Å². The summed E-state index contributed by atoms with van der Waals surface area (Å²) in [5, 5.41) is 0. The lowest BCUT2D eigenvalue weighted by Gasteiger charge is -2.24. The highest BCUT2D eigenvalue weighted by Crippen LogP contribution is 2.23. The van der Waals surface area contributed by atoms with Crippen LogP contribution in [0.4, 0.5) is 0 Å². The third kappa shape index (κ3) is 4.30. The molecule has 1 aliphatic carbocycles. The zero-order valence-corrected chi connectivity index (χ0v) is 12.3. The number of ether oxygens (including phenoxy) is 1. The van der Waals surface area contributed by atoms with Gasteiger partial charge >= 0.3 is 0 Å². The Hall–Kier alpha value is -0.900. The number of rotatable bonds is 5. The van der Waals surface area contributed by atoms with Gasteiger partial charge in [-0.15, -0.1) is 0 Å². The molecule has 0 saturated heterocycles. The average Bonchev–Trinajstić information content (AvgIpc) is 2.80. The molecule has 106 valence electrons. The van der Waals surface area contributed by atoms with Gasteiger partial charge in [-0.2, -0.15) is 0 Å². The van der Waals surface area contributed by atoms with E-state index in [4.69, 9.17) is 10.6 Å². The van der Waals surface area contributed by atoms with Crippen molar-refractivity contribution in [3.63, 3.8) is 0 Å². The number of fused-ring (bicyclic) bond motifs is 1. The second-order valence-corrected chi connectivity index (χ2v) is 6.45. The number of hydrogen-bond donors (Lipinski definition) is 2. The van der Waals surface area contributed by atoms with E-state index in [1.54, 1.807) is 0 Å². The van der Waals surface area contributed by atoms with Crippen LogP contribution in [0.1, 0.15) is 43.9 Å². The minimum atomic E-state index is -0.118. The minimum absolute atomic E-state index is 0.118. The Balaban J connectivity index is 1.94.